The Bertz CT molecular complexity index is 1220. The molecule has 0 aliphatic heterocycles. The van der Waals surface area contributed by atoms with Crippen molar-refractivity contribution in [2.24, 2.45) is 0 Å². The van der Waals surface area contributed by atoms with Crippen molar-refractivity contribution in [3.63, 3.8) is 0 Å². The molecule has 1 aliphatic rings. The van der Waals surface area contributed by atoms with Gasteiger partial charge in [-0.15, -0.1) is 0 Å². The standard InChI is InChI=1S/C27H29FN4O2/c1-17-24(14-29)26(30)20(15-31-17)16-32(2)27(33)19-10-11-23(18-6-5-7-21(28)12-18)25(13-19)34-22-8-3-4-9-22/h5-7,10-15,22,29H,3-4,8-9,16H2,1-2H3,(H2,30,31). The van der Waals surface area contributed by atoms with Gasteiger partial charge in [0.1, 0.15) is 11.6 Å². The summed E-state index contributed by atoms with van der Waals surface area (Å²) in [5.74, 6) is 0.0654. The van der Waals surface area contributed by atoms with E-state index in [-0.39, 0.29) is 24.4 Å². The maximum atomic E-state index is 13.9. The molecule has 7 heteroatoms. The smallest absolute Gasteiger partial charge is 0.254 e. The molecule has 0 bridgehead atoms. The number of hydrogen-bond donors (Lipinski definition) is 2. The van der Waals surface area contributed by atoms with Crippen LogP contribution in [0.4, 0.5) is 10.1 Å². The van der Waals surface area contributed by atoms with Crippen molar-refractivity contribution in [3.05, 3.63) is 76.9 Å². The minimum Gasteiger partial charge on any atom is -0.490 e. The predicted molar refractivity (Wildman–Crippen MR) is 132 cm³/mol. The SMILES string of the molecule is Cc1ncc(CN(C)C(=O)c2ccc(-c3cccc(F)c3)c(OC3CCCC3)c2)c(N)c1C=N. The van der Waals surface area contributed by atoms with Crippen LogP contribution in [0.5, 0.6) is 5.75 Å². The molecule has 0 atom stereocenters. The summed E-state index contributed by atoms with van der Waals surface area (Å²) in [5, 5.41) is 7.58. The van der Waals surface area contributed by atoms with Gasteiger partial charge in [0.2, 0.25) is 0 Å². The fourth-order valence-corrected chi connectivity index (χ4v) is 4.37. The minimum absolute atomic E-state index is 0.0911. The second kappa shape index (κ2) is 10.0. The molecule has 1 fully saturated rings. The number of carbonyl (C=O) groups excluding carboxylic acids is 1. The molecule has 176 valence electrons. The molecule has 1 heterocycles. The third-order valence-corrected chi connectivity index (χ3v) is 6.30. The molecule has 2 aromatic carbocycles. The lowest BCUT2D eigenvalue weighted by atomic mass is 10.0. The van der Waals surface area contributed by atoms with Crippen molar-refractivity contribution in [1.29, 1.82) is 5.41 Å². The van der Waals surface area contributed by atoms with Gasteiger partial charge in [0.15, 0.2) is 0 Å². The zero-order valence-electron chi connectivity index (χ0n) is 19.5. The first-order chi connectivity index (χ1) is 16.4. The van der Waals surface area contributed by atoms with Crippen LogP contribution < -0.4 is 10.5 Å². The predicted octanol–water partition coefficient (Wildman–Crippen LogP) is 5.37. The van der Waals surface area contributed by atoms with Crippen LogP contribution in [-0.4, -0.2) is 35.2 Å². The number of nitrogens with two attached hydrogens (primary N) is 1. The molecule has 0 unspecified atom stereocenters. The first-order valence-electron chi connectivity index (χ1n) is 11.4. The zero-order valence-corrected chi connectivity index (χ0v) is 19.5. The Hall–Kier alpha value is -3.74. The summed E-state index contributed by atoms with van der Waals surface area (Å²) in [6.07, 6.45) is 7.08. The van der Waals surface area contributed by atoms with E-state index in [4.69, 9.17) is 15.9 Å². The van der Waals surface area contributed by atoms with Gasteiger partial charge in [0.25, 0.3) is 5.91 Å². The van der Waals surface area contributed by atoms with Crippen molar-refractivity contribution in [1.82, 2.24) is 9.88 Å². The van der Waals surface area contributed by atoms with Crippen LogP contribution in [0.15, 0.2) is 48.7 Å². The van der Waals surface area contributed by atoms with Gasteiger partial charge in [-0.05, 0) is 68.5 Å². The van der Waals surface area contributed by atoms with Crippen LogP contribution in [0.1, 0.15) is 52.9 Å². The Morgan fingerprint density at radius 1 is 1.26 bits per heavy atom. The van der Waals surface area contributed by atoms with Crippen molar-refractivity contribution < 1.29 is 13.9 Å². The number of aromatic nitrogens is 1. The number of halogens is 1. The third kappa shape index (κ3) is 4.93. The third-order valence-electron chi connectivity index (χ3n) is 6.30. The monoisotopic (exact) mass is 460 g/mol. The summed E-state index contributed by atoms with van der Waals surface area (Å²) in [4.78, 5) is 19.1. The summed E-state index contributed by atoms with van der Waals surface area (Å²) < 4.78 is 20.2. The van der Waals surface area contributed by atoms with Crippen LogP contribution in [0, 0.1) is 18.2 Å². The summed E-state index contributed by atoms with van der Waals surface area (Å²) in [7, 11) is 1.70. The van der Waals surface area contributed by atoms with Gasteiger partial charge < -0.3 is 20.8 Å². The van der Waals surface area contributed by atoms with Gasteiger partial charge in [-0.3, -0.25) is 9.78 Å². The highest BCUT2D eigenvalue weighted by molar-refractivity contribution is 5.95. The second-order valence-electron chi connectivity index (χ2n) is 8.75. The number of aryl methyl sites for hydroxylation is 1. The van der Waals surface area contributed by atoms with Crippen molar-refractivity contribution in [2.75, 3.05) is 12.8 Å². The van der Waals surface area contributed by atoms with Crippen LogP contribution in [0.25, 0.3) is 11.1 Å². The van der Waals surface area contributed by atoms with Gasteiger partial charge in [-0.1, -0.05) is 12.1 Å². The molecule has 3 aromatic rings. The average molecular weight is 461 g/mol. The van der Waals surface area contributed by atoms with E-state index in [0.717, 1.165) is 31.2 Å². The van der Waals surface area contributed by atoms with E-state index < -0.39 is 0 Å². The van der Waals surface area contributed by atoms with Crippen molar-refractivity contribution >= 4 is 17.8 Å². The Morgan fingerprint density at radius 3 is 2.74 bits per heavy atom. The number of nitrogen functional groups attached to an aromatic ring is 1. The maximum absolute atomic E-state index is 13.9. The van der Waals surface area contributed by atoms with Gasteiger partial charge in [0.05, 0.1) is 6.10 Å². The molecule has 0 saturated heterocycles. The van der Waals surface area contributed by atoms with E-state index in [1.54, 1.807) is 43.3 Å². The molecular formula is C27H29FN4O2. The number of anilines is 1. The van der Waals surface area contributed by atoms with Crippen molar-refractivity contribution in [3.8, 4) is 16.9 Å². The molecule has 4 rings (SSSR count). The lowest BCUT2D eigenvalue weighted by Crippen LogP contribution is -2.27. The van der Waals surface area contributed by atoms with Crippen molar-refractivity contribution in [2.45, 2.75) is 45.3 Å². The Balaban J connectivity index is 1.63. The number of carbonyl (C=O) groups is 1. The van der Waals surface area contributed by atoms with E-state index in [0.29, 0.717) is 39.4 Å². The largest absolute Gasteiger partial charge is 0.490 e. The van der Waals surface area contributed by atoms with E-state index in [1.165, 1.54) is 18.3 Å². The first kappa shape index (κ1) is 23.4. The fourth-order valence-electron chi connectivity index (χ4n) is 4.37. The number of ether oxygens (including phenoxy) is 1. The minimum atomic E-state index is -0.321. The quantitative estimate of drug-likeness (QED) is 0.464. The van der Waals surface area contributed by atoms with E-state index in [2.05, 4.69) is 4.98 Å². The molecule has 1 aromatic heterocycles. The summed E-state index contributed by atoms with van der Waals surface area (Å²) in [5.41, 5.74) is 10.5. The summed E-state index contributed by atoms with van der Waals surface area (Å²) in [6, 6.07) is 11.7. The molecule has 0 radical (unpaired) electrons. The van der Waals surface area contributed by atoms with E-state index in [9.17, 15) is 9.18 Å². The van der Waals surface area contributed by atoms with E-state index >= 15 is 0 Å². The van der Waals surface area contributed by atoms with Crippen LogP contribution in [0.2, 0.25) is 0 Å². The molecule has 0 spiro atoms. The molecule has 34 heavy (non-hydrogen) atoms. The molecule has 1 aliphatic carbocycles. The van der Waals surface area contributed by atoms with Gasteiger partial charge in [0, 0.05) is 59.6 Å². The number of benzene rings is 2. The number of nitrogens with zero attached hydrogens (tertiary/aromatic N) is 2. The number of rotatable bonds is 7. The molecule has 1 saturated carbocycles. The average Bonchev–Trinajstić information content (AvgIpc) is 3.34. The lowest BCUT2D eigenvalue weighted by Gasteiger charge is -2.21. The number of hydrogen-bond acceptors (Lipinski definition) is 5. The number of nitrogens with one attached hydrogen (secondary N) is 1. The first-order valence-corrected chi connectivity index (χ1v) is 11.4. The highest BCUT2D eigenvalue weighted by Gasteiger charge is 2.21. The maximum Gasteiger partial charge on any atom is 0.254 e. The molecule has 1 amide bonds. The van der Waals surface area contributed by atoms with E-state index in [1.807, 2.05) is 12.1 Å². The zero-order chi connectivity index (χ0) is 24.2. The van der Waals surface area contributed by atoms with Gasteiger partial charge >= 0.3 is 0 Å². The van der Waals surface area contributed by atoms with Gasteiger partial charge in [-0.25, -0.2) is 4.39 Å². The summed E-state index contributed by atoms with van der Waals surface area (Å²) in [6.45, 7) is 2.05. The van der Waals surface area contributed by atoms with Crippen LogP contribution in [-0.2, 0) is 6.54 Å². The number of amides is 1. The number of pyridine rings is 1. The molecular weight excluding hydrogens is 431 g/mol. The highest BCUT2D eigenvalue weighted by Crippen LogP contribution is 2.35. The molecule has 6 nitrogen and oxygen atoms in total. The van der Waals surface area contributed by atoms with Crippen LogP contribution >= 0.6 is 0 Å². The lowest BCUT2D eigenvalue weighted by molar-refractivity contribution is 0.0784. The normalized spacial score (nSPS) is 13.6. The fraction of sp³-hybridized carbons (Fsp3) is 0.296. The van der Waals surface area contributed by atoms with Gasteiger partial charge in [-0.2, -0.15) is 0 Å². The topological polar surface area (TPSA) is 92.3 Å². The Kier molecular flexibility index (Phi) is 6.91. The second-order valence-corrected chi connectivity index (χ2v) is 8.75. The molecule has 3 N–H and O–H groups in total. The van der Waals surface area contributed by atoms with Crippen LogP contribution in [0.3, 0.4) is 0 Å². The summed E-state index contributed by atoms with van der Waals surface area (Å²) >= 11 is 0. The Labute approximate surface area is 199 Å². The highest BCUT2D eigenvalue weighted by atomic mass is 19.1. The Morgan fingerprint density at radius 2 is 2.03 bits per heavy atom.